The number of halogens is 1. The van der Waals surface area contributed by atoms with Crippen molar-refractivity contribution in [2.24, 2.45) is 5.92 Å². The normalized spacial score (nSPS) is 17.7. The van der Waals surface area contributed by atoms with Crippen molar-refractivity contribution >= 4 is 23.5 Å². The van der Waals surface area contributed by atoms with Gasteiger partial charge in [0.1, 0.15) is 0 Å². The summed E-state index contributed by atoms with van der Waals surface area (Å²) in [5.41, 5.74) is 2.68. The Hall–Kier alpha value is -2.33. The van der Waals surface area contributed by atoms with Crippen LogP contribution in [-0.4, -0.2) is 28.4 Å². The van der Waals surface area contributed by atoms with Gasteiger partial charge in [-0.15, -0.1) is 0 Å². The van der Waals surface area contributed by atoms with Crippen molar-refractivity contribution in [3.05, 3.63) is 70.2 Å². The molecule has 1 aliphatic rings. The summed E-state index contributed by atoms with van der Waals surface area (Å²) in [4.78, 5) is 26.3. The van der Waals surface area contributed by atoms with Gasteiger partial charge in [-0.1, -0.05) is 54.9 Å². The first kappa shape index (κ1) is 17.5. The smallest absolute Gasteiger partial charge is 0.331 e. The van der Waals surface area contributed by atoms with E-state index in [9.17, 15) is 14.7 Å². The molecule has 2 aromatic rings. The van der Waals surface area contributed by atoms with Crippen LogP contribution in [0.1, 0.15) is 29.7 Å². The first-order valence-corrected chi connectivity index (χ1v) is 8.70. The van der Waals surface area contributed by atoms with Gasteiger partial charge in [-0.25, -0.2) is 4.79 Å². The van der Waals surface area contributed by atoms with Crippen LogP contribution in [0.15, 0.2) is 48.5 Å². The summed E-state index contributed by atoms with van der Waals surface area (Å²) in [7, 11) is 0. The van der Waals surface area contributed by atoms with E-state index in [-0.39, 0.29) is 11.8 Å². The van der Waals surface area contributed by atoms with Crippen molar-refractivity contribution in [1.29, 1.82) is 0 Å². The molecule has 2 unspecified atom stereocenters. The third-order valence-electron chi connectivity index (χ3n) is 4.65. The lowest BCUT2D eigenvalue weighted by atomic mass is 9.90. The Morgan fingerprint density at radius 2 is 2.00 bits per heavy atom. The summed E-state index contributed by atoms with van der Waals surface area (Å²) in [6.45, 7) is 2.26. The maximum absolute atomic E-state index is 12.9. The number of carboxylic acid groups (broad SMARTS) is 1. The van der Waals surface area contributed by atoms with E-state index in [2.05, 4.69) is 0 Å². The molecule has 2 aromatic carbocycles. The van der Waals surface area contributed by atoms with E-state index in [0.717, 1.165) is 11.1 Å². The lowest BCUT2D eigenvalue weighted by Crippen LogP contribution is -2.46. The highest BCUT2D eigenvalue weighted by atomic mass is 35.5. The quantitative estimate of drug-likeness (QED) is 0.907. The van der Waals surface area contributed by atoms with Gasteiger partial charge in [-0.3, -0.25) is 4.79 Å². The van der Waals surface area contributed by atoms with E-state index in [0.29, 0.717) is 30.0 Å². The SMILES string of the molecule is CC(Cc1cccc(Cl)c1)C(=O)N1CCc2ccccc2C1C(=O)O. The molecule has 4 nitrogen and oxygen atoms in total. The molecule has 130 valence electrons. The zero-order valence-corrected chi connectivity index (χ0v) is 14.7. The van der Waals surface area contributed by atoms with Crippen molar-refractivity contribution in [3.63, 3.8) is 0 Å². The summed E-state index contributed by atoms with van der Waals surface area (Å²) in [6, 6.07) is 13.9. The van der Waals surface area contributed by atoms with Crippen LogP contribution in [0.2, 0.25) is 5.02 Å². The van der Waals surface area contributed by atoms with Gasteiger partial charge in [0.05, 0.1) is 0 Å². The number of benzene rings is 2. The third-order valence-corrected chi connectivity index (χ3v) is 4.89. The molecule has 0 spiro atoms. The lowest BCUT2D eigenvalue weighted by molar-refractivity contribution is -0.152. The minimum absolute atomic E-state index is 0.137. The molecule has 3 rings (SSSR count). The summed E-state index contributed by atoms with van der Waals surface area (Å²) in [5, 5.41) is 10.3. The molecule has 0 saturated carbocycles. The zero-order chi connectivity index (χ0) is 18.0. The fraction of sp³-hybridized carbons (Fsp3) is 0.300. The fourth-order valence-corrected chi connectivity index (χ4v) is 3.67. The Morgan fingerprint density at radius 1 is 1.24 bits per heavy atom. The van der Waals surface area contributed by atoms with E-state index >= 15 is 0 Å². The molecule has 0 aromatic heterocycles. The molecule has 1 heterocycles. The van der Waals surface area contributed by atoms with Gasteiger partial charge in [0.15, 0.2) is 6.04 Å². The maximum Gasteiger partial charge on any atom is 0.331 e. The standard InChI is InChI=1S/C20H20ClNO3/c1-13(11-14-5-4-7-16(21)12-14)19(23)22-10-9-15-6-2-3-8-17(15)18(22)20(24)25/h2-8,12-13,18H,9-11H2,1H3,(H,24,25). The average molecular weight is 358 g/mol. The second-order valence-electron chi connectivity index (χ2n) is 6.46. The number of fused-ring (bicyclic) bond motifs is 1. The first-order valence-electron chi connectivity index (χ1n) is 8.33. The van der Waals surface area contributed by atoms with E-state index in [4.69, 9.17) is 11.6 Å². The molecule has 5 heteroatoms. The zero-order valence-electron chi connectivity index (χ0n) is 14.0. The van der Waals surface area contributed by atoms with Gasteiger partial charge in [-0.2, -0.15) is 0 Å². The third kappa shape index (κ3) is 3.69. The summed E-state index contributed by atoms with van der Waals surface area (Å²) in [5.74, 6) is -1.44. The number of nitrogens with zero attached hydrogens (tertiary/aromatic N) is 1. The van der Waals surface area contributed by atoms with Crippen molar-refractivity contribution in [1.82, 2.24) is 4.90 Å². The Bertz CT molecular complexity index is 805. The Labute approximate surface area is 152 Å². The molecular formula is C20H20ClNO3. The summed E-state index contributed by atoms with van der Waals surface area (Å²) in [6.07, 6.45) is 1.21. The van der Waals surface area contributed by atoms with E-state index in [1.54, 1.807) is 12.1 Å². The number of carbonyl (C=O) groups excluding carboxylic acids is 1. The van der Waals surface area contributed by atoms with Gasteiger partial charge < -0.3 is 10.0 Å². The van der Waals surface area contributed by atoms with Gasteiger partial charge in [-0.05, 0) is 41.7 Å². The highest BCUT2D eigenvalue weighted by Gasteiger charge is 2.37. The largest absolute Gasteiger partial charge is 0.479 e. The van der Waals surface area contributed by atoms with Crippen LogP contribution in [-0.2, 0) is 22.4 Å². The number of rotatable bonds is 4. The Morgan fingerprint density at radius 3 is 2.72 bits per heavy atom. The van der Waals surface area contributed by atoms with Crippen molar-refractivity contribution in [2.75, 3.05) is 6.54 Å². The second-order valence-corrected chi connectivity index (χ2v) is 6.89. The summed E-state index contributed by atoms with van der Waals surface area (Å²) < 4.78 is 0. The molecule has 1 N–H and O–H groups in total. The number of aliphatic carboxylic acids is 1. The highest BCUT2D eigenvalue weighted by molar-refractivity contribution is 6.30. The van der Waals surface area contributed by atoms with Crippen molar-refractivity contribution in [2.45, 2.75) is 25.8 Å². The van der Waals surface area contributed by atoms with Crippen molar-refractivity contribution in [3.8, 4) is 0 Å². The van der Waals surface area contributed by atoms with Crippen LogP contribution in [0.5, 0.6) is 0 Å². The number of hydrogen-bond acceptors (Lipinski definition) is 2. The maximum atomic E-state index is 12.9. The predicted molar refractivity (Wildman–Crippen MR) is 96.6 cm³/mol. The van der Waals surface area contributed by atoms with Crippen LogP contribution >= 0.6 is 11.6 Å². The monoisotopic (exact) mass is 357 g/mol. The minimum atomic E-state index is -0.990. The molecule has 0 bridgehead atoms. The fourth-order valence-electron chi connectivity index (χ4n) is 3.46. The minimum Gasteiger partial charge on any atom is -0.479 e. The molecule has 0 aliphatic carbocycles. The van der Waals surface area contributed by atoms with Crippen LogP contribution in [0.4, 0.5) is 0 Å². The van der Waals surface area contributed by atoms with Gasteiger partial charge in [0.2, 0.25) is 5.91 Å². The molecule has 1 amide bonds. The highest BCUT2D eigenvalue weighted by Crippen LogP contribution is 2.31. The number of amides is 1. The van der Waals surface area contributed by atoms with Gasteiger partial charge in [0, 0.05) is 17.5 Å². The Balaban J connectivity index is 1.82. The van der Waals surface area contributed by atoms with Crippen LogP contribution in [0, 0.1) is 5.92 Å². The van der Waals surface area contributed by atoms with Crippen LogP contribution in [0.25, 0.3) is 0 Å². The number of carbonyl (C=O) groups is 2. The Kier molecular flexibility index (Phi) is 5.09. The average Bonchev–Trinajstić information content (AvgIpc) is 2.59. The lowest BCUT2D eigenvalue weighted by Gasteiger charge is -2.36. The van der Waals surface area contributed by atoms with Crippen molar-refractivity contribution < 1.29 is 14.7 Å². The van der Waals surface area contributed by atoms with E-state index in [1.807, 2.05) is 43.3 Å². The predicted octanol–water partition coefficient (Wildman–Crippen LogP) is 3.73. The van der Waals surface area contributed by atoms with E-state index in [1.165, 1.54) is 4.90 Å². The first-order chi connectivity index (χ1) is 12.0. The molecule has 1 aliphatic heterocycles. The second kappa shape index (κ2) is 7.28. The molecule has 0 saturated heterocycles. The van der Waals surface area contributed by atoms with E-state index < -0.39 is 12.0 Å². The number of carboxylic acids is 1. The molecular weight excluding hydrogens is 338 g/mol. The molecule has 25 heavy (non-hydrogen) atoms. The number of hydrogen-bond donors (Lipinski definition) is 1. The molecule has 2 atom stereocenters. The van der Waals surface area contributed by atoms with Crippen LogP contribution < -0.4 is 0 Å². The van der Waals surface area contributed by atoms with Gasteiger partial charge >= 0.3 is 5.97 Å². The molecule has 0 fully saturated rings. The van der Waals surface area contributed by atoms with Gasteiger partial charge in [0.25, 0.3) is 0 Å². The summed E-state index contributed by atoms with van der Waals surface area (Å²) >= 11 is 6.00. The topological polar surface area (TPSA) is 57.6 Å². The van der Waals surface area contributed by atoms with Crippen LogP contribution in [0.3, 0.4) is 0 Å². The molecule has 0 radical (unpaired) electrons.